The summed E-state index contributed by atoms with van der Waals surface area (Å²) in [5, 5.41) is 5.00. The van der Waals surface area contributed by atoms with Crippen molar-refractivity contribution in [2.75, 3.05) is 4.90 Å². The summed E-state index contributed by atoms with van der Waals surface area (Å²) < 4.78 is 2.40. The normalized spacial score (nSPS) is 11.3. The number of nitrogens with zero attached hydrogens (tertiary/aromatic N) is 2. The molecule has 0 saturated carbocycles. The van der Waals surface area contributed by atoms with E-state index in [0.717, 1.165) is 45.0 Å². The largest absolute Gasteiger partial charge is 0.310 e. The van der Waals surface area contributed by atoms with Crippen molar-refractivity contribution in [3.8, 4) is 50.2 Å². The number of para-hydroxylation sites is 3. The van der Waals surface area contributed by atoms with Crippen LogP contribution in [0.15, 0.2) is 243 Å². The molecule has 282 valence electrons. The third-order valence-corrected chi connectivity index (χ3v) is 11.8. The first-order valence-electron chi connectivity index (χ1n) is 20.6. The van der Waals surface area contributed by atoms with E-state index in [1.54, 1.807) is 0 Å². The molecule has 0 aliphatic carbocycles. The molecule has 11 aromatic rings. The summed E-state index contributed by atoms with van der Waals surface area (Å²) in [5.41, 5.74) is 16.2. The molecule has 0 radical (unpaired) electrons. The van der Waals surface area contributed by atoms with Crippen LogP contribution in [0, 0.1) is 0 Å². The molecule has 0 aliphatic rings. The van der Waals surface area contributed by atoms with Crippen molar-refractivity contribution in [2.45, 2.75) is 0 Å². The maximum absolute atomic E-state index is 2.43. The Labute approximate surface area is 350 Å². The lowest BCUT2D eigenvalue weighted by molar-refractivity contribution is 1.18. The highest BCUT2D eigenvalue weighted by Crippen LogP contribution is 2.44. The predicted octanol–water partition coefficient (Wildman–Crippen LogP) is 16.1. The Hall–Kier alpha value is -7.94. The number of rotatable bonds is 8. The van der Waals surface area contributed by atoms with Crippen LogP contribution in [0.3, 0.4) is 0 Å². The van der Waals surface area contributed by atoms with Gasteiger partial charge in [-0.05, 0) is 110 Å². The fourth-order valence-electron chi connectivity index (χ4n) is 8.95. The summed E-state index contributed by atoms with van der Waals surface area (Å²) in [4.78, 5) is 2.43. The molecule has 0 fully saturated rings. The van der Waals surface area contributed by atoms with Crippen LogP contribution in [0.25, 0.3) is 82.8 Å². The summed E-state index contributed by atoms with van der Waals surface area (Å²) in [6, 6.07) is 88.0. The lowest BCUT2D eigenvalue weighted by atomic mass is 9.95. The van der Waals surface area contributed by atoms with E-state index >= 15 is 0 Å². The Morgan fingerprint density at radius 2 is 0.800 bits per heavy atom. The molecule has 11 rings (SSSR count). The van der Waals surface area contributed by atoms with E-state index in [9.17, 15) is 0 Å². The van der Waals surface area contributed by atoms with Crippen LogP contribution >= 0.6 is 0 Å². The topological polar surface area (TPSA) is 8.17 Å². The van der Waals surface area contributed by atoms with Crippen molar-refractivity contribution in [3.63, 3.8) is 0 Å². The van der Waals surface area contributed by atoms with Crippen molar-refractivity contribution in [2.24, 2.45) is 0 Å². The van der Waals surface area contributed by atoms with E-state index in [0.29, 0.717) is 0 Å². The Morgan fingerprint density at radius 1 is 0.283 bits per heavy atom. The molecule has 1 aromatic heterocycles. The molecule has 2 heteroatoms. The lowest BCUT2D eigenvalue weighted by Crippen LogP contribution is -2.11. The third kappa shape index (κ3) is 6.32. The van der Waals surface area contributed by atoms with Crippen LogP contribution < -0.4 is 4.90 Å². The van der Waals surface area contributed by atoms with Gasteiger partial charge in [0.1, 0.15) is 0 Å². The Kier molecular flexibility index (Phi) is 8.87. The molecule has 0 aliphatic heterocycles. The van der Waals surface area contributed by atoms with Crippen molar-refractivity contribution in [3.05, 3.63) is 243 Å². The van der Waals surface area contributed by atoms with Gasteiger partial charge in [-0.25, -0.2) is 0 Å². The molecule has 2 nitrogen and oxygen atoms in total. The molecular weight excluding hydrogens is 725 g/mol. The first kappa shape index (κ1) is 35.2. The van der Waals surface area contributed by atoms with Gasteiger partial charge in [-0.3, -0.25) is 0 Å². The molecule has 0 saturated heterocycles. The number of anilines is 3. The van der Waals surface area contributed by atoms with Crippen LogP contribution in [0.4, 0.5) is 17.1 Å². The van der Waals surface area contributed by atoms with Crippen molar-refractivity contribution < 1.29 is 0 Å². The van der Waals surface area contributed by atoms with Gasteiger partial charge in [0.15, 0.2) is 0 Å². The second kappa shape index (κ2) is 15.1. The Morgan fingerprint density at radius 3 is 1.53 bits per heavy atom. The average molecular weight is 765 g/mol. The van der Waals surface area contributed by atoms with Crippen LogP contribution in [0.5, 0.6) is 0 Å². The molecule has 0 N–H and O–H groups in total. The van der Waals surface area contributed by atoms with Crippen LogP contribution in [0.2, 0.25) is 0 Å². The summed E-state index contributed by atoms with van der Waals surface area (Å²) in [5.74, 6) is 0. The standard InChI is InChI=1S/C58H40N2/c1-3-17-41(18-4-1)46-37-47(45-23-15-24-49(38-45)60-57-31-13-10-27-54(57)55-28-11-14-32-58(55)60)40-50(39-46)59(56-30-12-9-26-53(56)43-19-5-2-6-20-43)48-35-33-44(34-36-48)52-29-16-22-42-21-7-8-25-51(42)52/h1-40H. The maximum atomic E-state index is 2.43. The molecule has 10 aromatic carbocycles. The van der Waals surface area contributed by atoms with Gasteiger partial charge in [0.25, 0.3) is 0 Å². The van der Waals surface area contributed by atoms with E-state index in [1.807, 2.05) is 0 Å². The van der Waals surface area contributed by atoms with E-state index in [-0.39, 0.29) is 0 Å². The SMILES string of the molecule is c1ccc(-c2cc(-c3cccc(-n4c5ccccc5c5ccccc54)c3)cc(N(c3ccc(-c4cccc5ccccc45)cc3)c3ccccc3-c3ccccc3)c2)cc1. The minimum atomic E-state index is 1.08. The highest BCUT2D eigenvalue weighted by molar-refractivity contribution is 6.09. The number of fused-ring (bicyclic) bond motifs is 4. The van der Waals surface area contributed by atoms with Crippen molar-refractivity contribution >= 4 is 49.6 Å². The fourth-order valence-corrected chi connectivity index (χ4v) is 8.95. The molecule has 0 atom stereocenters. The highest BCUT2D eigenvalue weighted by Gasteiger charge is 2.20. The smallest absolute Gasteiger partial charge is 0.0541 e. The molecule has 60 heavy (non-hydrogen) atoms. The van der Waals surface area contributed by atoms with Gasteiger partial charge in [0.2, 0.25) is 0 Å². The minimum absolute atomic E-state index is 1.08. The summed E-state index contributed by atoms with van der Waals surface area (Å²) in [6.45, 7) is 0. The van der Waals surface area contributed by atoms with Gasteiger partial charge in [0.05, 0.1) is 16.7 Å². The van der Waals surface area contributed by atoms with Crippen LogP contribution in [0.1, 0.15) is 0 Å². The molecule has 0 bridgehead atoms. The highest BCUT2D eigenvalue weighted by atomic mass is 15.1. The van der Waals surface area contributed by atoms with E-state index in [4.69, 9.17) is 0 Å². The van der Waals surface area contributed by atoms with Gasteiger partial charge in [-0.2, -0.15) is 0 Å². The zero-order chi connectivity index (χ0) is 39.8. The quantitative estimate of drug-likeness (QED) is 0.150. The first-order valence-corrected chi connectivity index (χ1v) is 20.6. The van der Waals surface area contributed by atoms with Crippen LogP contribution in [-0.2, 0) is 0 Å². The van der Waals surface area contributed by atoms with Gasteiger partial charge in [0, 0.05) is 33.4 Å². The maximum Gasteiger partial charge on any atom is 0.0541 e. The van der Waals surface area contributed by atoms with Gasteiger partial charge in [-0.1, -0.05) is 182 Å². The Balaban J connectivity index is 1.12. The van der Waals surface area contributed by atoms with Crippen molar-refractivity contribution in [1.82, 2.24) is 4.57 Å². The van der Waals surface area contributed by atoms with Crippen LogP contribution in [-0.4, -0.2) is 4.57 Å². The molecule has 0 unspecified atom stereocenters. The minimum Gasteiger partial charge on any atom is -0.310 e. The number of hydrogen-bond donors (Lipinski definition) is 0. The second-order valence-corrected chi connectivity index (χ2v) is 15.3. The third-order valence-electron chi connectivity index (χ3n) is 11.8. The summed E-state index contributed by atoms with van der Waals surface area (Å²) in [6.07, 6.45) is 0. The van der Waals surface area contributed by atoms with E-state index in [1.165, 1.54) is 54.8 Å². The monoisotopic (exact) mass is 764 g/mol. The number of hydrogen-bond acceptors (Lipinski definition) is 1. The summed E-state index contributed by atoms with van der Waals surface area (Å²) in [7, 11) is 0. The second-order valence-electron chi connectivity index (χ2n) is 15.3. The van der Waals surface area contributed by atoms with E-state index < -0.39 is 0 Å². The van der Waals surface area contributed by atoms with Crippen molar-refractivity contribution in [1.29, 1.82) is 0 Å². The van der Waals surface area contributed by atoms with Gasteiger partial charge < -0.3 is 9.47 Å². The molecule has 1 heterocycles. The number of benzene rings is 10. The summed E-state index contributed by atoms with van der Waals surface area (Å²) >= 11 is 0. The molecular formula is C58H40N2. The van der Waals surface area contributed by atoms with Gasteiger partial charge in [-0.15, -0.1) is 0 Å². The lowest BCUT2D eigenvalue weighted by Gasteiger charge is -2.29. The number of aromatic nitrogens is 1. The van der Waals surface area contributed by atoms with E-state index in [2.05, 4.69) is 252 Å². The Bertz CT molecular complexity index is 3250. The fraction of sp³-hybridized carbons (Fsp3) is 0. The molecule has 0 amide bonds. The zero-order valence-corrected chi connectivity index (χ0v) is 33.0. The zero-order valence-electron chi connectivity index (χ0n) is 33.0. The predicted molar refractivity (Wildman–Crippen MR) is 255 cm³/mol. The first-order chi connectivity index (χ1) is 29.8. The van der Waals surface area contributed by atoms with Gasteiger partial charge >= 0.3 is 0 Å². The average Bonchev–Trinajstić information content (AvgIpc) is 3.67. The molecule has 0 spiro atoms.